The van der Waals surface area contributed by atoms with Crippen LogP contribution in [0.4, 0.5) is 5.69 Å². The summed E-state index contributed by atoms with van der Waals surface area (Å²) in [5.74, 6) is 0. The van der Waals surface area contributed by atoms with Gasteiger partial charge in [-0.15, -0.1) is 11.6 Å². The van der Waals surface area contributed by atoms with Crippen LogP contribution < -0.4 is 11.5 Å². The Bertz CT molecular complexity index is 201. The van der Waals surface area contributed by atoms with Crippen LogP contribution in [0.2, 0.25) is 0 Å². The summed E-state index contributed by atoms with van der Waals surface area (Å²) in [6, 6.07) is 8.32. The molecule has 0 heterocycles. The summed E-state index contributed by atoms with van der Waals surface area (Å²) >= 11 is 0. The number of hydrogen-bond acceptors (Lipinski definition) is 2. The van der Waals surface area contributed by atoms with Crippen molar-refractivity contribution in [1.82, 2.24) is 0 Å². The number of anilines is 1. The van der Waals surface area contributed by atoms with E-state index in [0.29, 0.717) is 12.2 Å². The van der Waals surface area contributed by atoms with Gasteiger partial charge < -0.3 is 11.5 Å². The summed E-state index contributed by atoms with van der Waals surface area (Å²) in [6.45, 7) is 0.541. The SMILES string of the molecule is NCc1cc[c-]c(N)c1.[Y]. The third-order valence-electron chi connectivity index (χ3n) is 1.12. The Balaban J connectivity index is 0.000000810. The number of rotatable bonds is 1. The van der Waals surface area contributed by atoms with Crippen molar-refractivity contribution in [3.63, 3.8) is 0 Å². The molecule has 4 N–H and O–H groups in total. The van der Waals surface area contributed by atoms with Crippen LogP contribution in [-0.2, 0) is 39.3 Å². The predicted octanol–water partition coefficient (Wildman–Crippen LogP) is 0.525. The minimum absolute atomic E-state index is 0. The quantitative estimate of drug-likeness (QED) is 0.524. The fraction of sp³-hybridized carbons (Fsp3) is 0.143. The van der Waals surface area contributed by atoms with Gasteiger partial charge in [0.05, 0.1) is 0 Å². The van der Waals surface area contributed by atoms with Gasteiger partial charge in [-0.3, -0.25) is 0 Å². The van der Waals surface area contributed by atoms with E-state index in [1.807, 2.05) is 12.1 Å². The molecule has 0 unspecified atom stereocenters. The number of hydrogen-bond donors (Lipinski definition) is 2. The van der Waals surface area contributed by atoms with E-state index in [1.165, 1.54) is 0 Å². The molecule has 0 saturated heterocycles. The first kappa shape index (κ1) is 10.1. The van der Waals surface area contributed by atoms with E-state index in [1.54, 1.807) is 6.07 Å². The van der Waals surface area contributed by atoms with Crippen LogP contribution in [0.1, 0.15) is 5.56 Å². The number of benzene rings is 1. The fourth-order valence-corrected chi connectivity index (χ4v) is 0.661. The van der Waals surface area contributed by atoms with E-state index < -0.39 is 0 Å². The molecule has 0 atom stereocenters. The Morgan fingerprint density at radius 1 is 1.50 bits per heavy atom. The third-order valence-corrected chi connectivity index (χ3v) is 1.12. The van der Waals surface area contributed by atoms with E-state index in [2.05, 4.69) is 6.07 Å². The van der Waals surface area contributed by atoms with Crippen LogP contribution in [0, 0.1) is 6.07 Å². The Kier molecular flexibility index (Phi) is 4.87. The summed E-state index contributed by atoms with van der Waals surface area (Å²) in [5, 5.41) is 0. The van der Waals surface area contributed by atoms with Crippen molar-refractivity contribution in [3.8, 4) is 0 Å². The molecule has 0 fully saturated rings. The Morgan fingerprint density at radius 2 is 2.20 bits per heavy atom. The van der Waals surface area contributed by atoms with E-state index in [0.717, 1.165) is 5.56 Å². The average molecular weight is 210 g/mol. The maximum Gasteiger partial charge on any atom is 0 e. The van der Waals surface area contributed by atoms with Crippen LogP contribution >= 0.6 is 0 Å². The fourth-order valence-electron chi connectivity index (χ4n) is 0.661. The van der Waals surface area contributed by atoms with E-state index in [-0.39, 0.29) is 32.7 Å². The zero-order valence-electron chi connectivity index (χ0n) is 5.67. The molecular formula is C7H9N2Y-. The van der Waals surface area contributed by atoms with Crippen LogP contribution in [0.5, 0.6) is 0 Å². The van der Waals surface area contributed by atoms with Crippen molar-refractivity contribution in [2.24, 2.45) is 5.73 Å². The maximum absolute atomic E-state index is 5.42. The summed E-state index contributed by atoms with van der Waals surface area (Å²) in [6.07, 6.45) is 0. The Morgan fingerprint density at radius 3 is 2.60 bits per heavy atom. The van der Waals surface area contributed by atoms with Gasteiger partial charge in [0.1, 0.15) is 0 Å². The molecule has 51 valence electrons. The molecule has 0 aliphatic rings. The molecule has 1 rings (SSSR count). The molecule has 3 heteroatoms. The van der Waals surface area contributed by atoms with Gasteiger partial charge in [0.25, 0.3) is 0 Å². The second-order valence-corrected chi connectivity index (χ2v) is 1.86. The monoisotopic (exact) mass is 210 g/mol. The molecule has 0 aliphatic carbocycles. The van der Waals surface area contributed by atoms with Gasteiger partial charge in [0.15, 0.2) is 0 Å². The van der Waals surface area contributed by atoms with E-state index >= 15 is 0 Å². The summed E-state index contributed by atoms with van der Waals surface area (Å²) in [5.41, 5.74) is 12.5. The molecule has 1 radical (unpaired) electrons. The van der Waals surface area contributed by atoms with Crippen molar-refractivity contribution in [2.45, 2.75) is 6.54 Å². The van der Waals surface area contributed by atoms with Crippen molar-refractivity contribution in [2.75, 3.05) is 5.73 Å². The standard InChI is InChI=1S/C7H9N2.Y/c8-5-6-2-1-3-7(9)4-6;/h1-2,4H,5,8-9H2;/q-1;. The molecule has 1 aromatic carbocycles. The largest absolute Gasteiger partial charge is 0.420 e. The first-order valence-electron chi connectivity index (χ1n) is 2.79. The van der Waals surface area contributed by atoms with Crippen molar-refractivity contribution >= 4 is 5.69 Å². The van der Waals surface area contributed by atoms with Gasteiger partial charge in [-0.05, 0) is 6.54 Å². The van der Waals surface area contributed by atoms with Gasteiger partial charge >= 0.3 is 0 Å². The first-order valence-corrected chi connectivity index (χ1v) is 2.79. The second kappa shape index (κ2) is 4.83. The zero-order chi connectivity index (χ0) is 6.69. The van der Waals surface area contributed by atoms with Crippen LogP contribution in [0.3, 0.4) is 0 Å². The Hall–Kier alpha value is 0.0839. The molecule has 10 heavy (non-hydrogen) atoms. The van der Waals surface area contributed by atoms with Crippen LogP contribution in [0.25, 0.3) is 0 Å². The van der Waals surface area contributed by atoms with Crippen LogP contribution in [-0.4, -0.2) is 0 Å². The van der Waals surface area contributed by atoms with E-state index in [4.69, 9.17) is 11.5 Å². The minimum atomic E-state index is 0. The van der Waals surface area contributed by atoms with E-state index in [9.17, 15) is 0 Å². The van der Waals surface area contributed by atoms with Crippen molar-refractivity contribution in [1.29, 1.82) is 0 Å². The predicted molar refractivity (Wildman–Crippen MR) is 37.6 cm³/mol. The second-order valence-electron chi connectivity index (χ2n) is 1.86. The van der Waals surface area contributed by atoms with Crippen molar-refractivity contribution < 1.29 is 32.7 Å². The molecule has 0 amide bonds. The summed E-state index contributed by atoms with van der Waals surface area (Å²) in [7, 11) is 0. The van der Waals surface area contributed by atoms with Crippen molar-refractivity contribution in [3.05, 3.63) is 29.8 Å². The molecule has 1 aromatic rings. The van der Waals surface area contributed by atoms with Gasteiger partial charge in [-0.2, -0.15) is 18.2 Å². The molecule has 0 aromatic heterocycles. The topological polar surface area (TPSA) is 52.0 Å². The van der Waals surface area contributed by atoms with Gasteiger partial charge in [-0.1, -0.05) is 5.69 Å². The zero-order valence-corrected chi connectivity index (χ0v) is 8.51. The Labute approximate surface area is 85.9 Å². The molecular weight excluding hydrogens is 201 g/mol. The average Bonchev–Trinajstić information content (AvgIpc) is 1.88. The maximum atomic E-state index is 5.42. The smallest absolute Gasteiger partial charge is 0 e. The van der Waals surface area contributed by atoms with Gasteiger partial charge in [0, 0.05) is 32.7 Å². The molecule has 0 aliphatic heterocycles. The van der Waals surface area contributed by atoms with Gasteiger partial charge in [-0.25, -0.2) is 0 Å². The normalized spacial score (nSPS) is 8.50. The number of nitrogen functional groups attached to an aromatic ring is 1. The van der Waals surface area contributed by atoms with Gasteiger partial charge in [0.2, 0.25) is 0 Å². The molecule has 2 nitrogen and oxygen atoms in total. The molecule has 0 spiro atoms. The first-order chi connectivity index (χ1) is 4.33. The number of nitrogens with two attached hydrogens (primary N) is 2. The molecule has 0 bridgehead atoms. The minimum Gasteiger partial charge on any atom is -0.420 e. The molecule has 0 saturated carbocycles. The van der Waals surface area contributed by atoms with Crippen LogP contribution in [0.15, 0.2) is 18.2 Å². The summed E-state index contributed by atoms with van der Waals surface area (Å²) in [4.78, 5) is 0. The summed E-state index contributed by atoms with van der Waals surface area (Å²) < 4.78 is 0. The third kappa shape index (κ3) is 2.78.